The molecule has 0 spiro atoms. The number of H-pyrrole nitrogens is 1. The van der Waals surface area contributed by atoms with Gasteiger partial charge in [0.25, 0.3) is 5.91 Å². The fourth-order valence-electron chi connectivity index (χ4n) is 2.42. The molecule has 3 rings (SSSR count). The maximum absolute atomic E-state index is 12.5. The van der Waals surface area contributed by atoms with Gasteiger partial charge >= 0.3 is 0 Å². The summed E-state index contributed by atoms with van der Waals surface area (Å²) in [6, 6.07) is 8.78. The fraction of sp³-hybridized carbons (Fsp3) is 0.235. The first-order valence-electron chi connectivity index (χ1n) is 7.63. The third-order valence-electron chi connectivity index (χ3n) is 3.67. The van der Waals surface area contributed by atoms with E-state index in [1.54, 1.807) is 17.6 Å². The van der Waals surface area contributed by atoms with Crippen molar-refractivity contribution in [2.24, 2.45) is 5.92 Å². The van der Waals surface area contributed by atoms with Gasteiger partial charge in [0, 0.05) is 22.5 Å². The average molecular weight is 342 g/mol. The van der Waals surface area contributed by atoms with E-state index in [9.17, 15) is 9.59 Å². The van der Waals surface area contributed by atoms with Crippen LogP contribution in [0.5, 0.6) is 0 Å². The minimum atomic E-state index is -0.646. The third kappa shape index (κ3) is 3.46. The monoisotopic (exact) mass is 342 g/mol. The molecule has 1 atom stereocenters. The maximum atomic E-state index is 12.5. The van der Waals surface area contributed by atoms with Crippen molar-refractivity contribution in [2.45, 2.75) is 19.9 Å². The second kappa shape index (κ2) is 6.84. The van der Waals surface area contributed by atoms with Crippen LogP contribution in [0, 0.1) is 5.92 Å². The van der Waals surface area contributed by atoms with Gasteiger partial charge in [-0.1, -0.05) is 32.0 Å². The summed E-state index contributed by atoms with van der Waals surface area (Å²) in [5.41, 5.74) is 1.32. The molecule has 124 valence electrons. The zero-order valence-corrected chi connectivity index (χ0v) is 14.2. The summed E-state index contributed by atoms with van der Waals surface area (Å²) in [4.78, 5) is 32.0. The molecule has 7 heteroatoms. The highest BCUT2D eigenvalue weighted by molar-refractivity contribution is 7.13. The first kappa shape index (κ1) is 16.2. The molecule has 24 heavy (non-hydrogen) atoms. The Kier molecular flexibility index (Phi) is 4.61. The number of benzene rings is 1. The highest BCUT2D eigenvalue weighted by atomic mass is 32.1. The van der Waals surface area contributed by atoms with Crippen molar-refractivity contribution in [2.75, 3.05) is 5.32 Å². The molecule has 0 fully saturated rings. The molecule has 0 aliphatic carbocycles. The number of rotatable bonds is 5. The first-order chi connectivity index (χ1) is 11.5. The van der Waals surface area contributed by atoms with Crippen molar-refractivity contribution in [1.82, 2.24) is 15.3 Å². The van der Waals surface area contributed by atoms with Gasteiger partial charge in [-0.3, -0.25) is 9.59 Å². The van der Waals surface area contributed by atoms with Gasteiger partial charge in [-0.2, -0.15) is 0 Å². The lowest BCUT2D eigenvalue weighted by Crippen LogP contribution is -2.47. The van der Waals surface area contributed by atoms with Crippen LogP contribution in [0.25, 0.3) is 10.9 Å². The topological polar surface area (TPSA) is 86.9 Å². The van der Waals surface area contributed by atoms with E-state index in [0.717, 1.165) is 10.9 Å². The second-order valence-corrected chi connectivity index (χ2v) is 6.69. The van der Waals surface area contributed by atoms with Gasteiger partial charge in [0.05, 0.1) is 0 Å². The SMILES string of the molecule is CC(C)C(NC(=O)c1cc2ccccc2[nH]1)C(=O)Nc1nccs1. The summed E-state index contributed by atoms with van der Waals surface area (Å²) in [7, 11) is 0. The number of para-hydroxylation sites is 1. The summed E-state index contributed by atoms with van der Waals surface area (Å²) < 4.78 is 0. The van der Waals surface area contributed by atoms with Gasteiger partial charge in [-0.05, 0) is 18.1 Å². The molecule has 0 bridgehead atoms. The average Bonchev–Trinajstić information content (AvgIpc) is 3.20. The van der Waals surface area contributed by atoms with E-state index in [1.807, 2.05) is 38.1 Å². The van der Waals surface area contributed by atoms with Crippen LogP contribution in [0.15, 0.2) is 41.9 Å². The molecule has 0 radical (unpaired) electrons. The number of anilines is 1. The van der Waals surface area contributed by atoms with Gasteiger partial charge in [-0.25, -0.2) is 4.98 Å². The number of nitrogens with one attached hydrogen (secondary N) is 3. The van der Waals surface area contributed by atoms with Crippen molar-refractivity contribution >= 4 is 39.2 Å². The van der Waals surface area contributed by atoms with Crippen LogP contribution in [0.2, 0.25) is 0 Å². The van der Waals surface area contributed by atoms with Crippen LogP contribution in [0.4, 0.5) is 5.13 Å². The fourth-order valence-corrected chi connectivity index (χ4v) is 2.95. The Bertz CT molecular complexity index is 821. The van der Waals surface area contributed by atoms with Crippen LogP contribution >= 0.6 is 11.3 Å². The van der Waals surface area contributed by atoms with Crippen LogP contribution in [0.3, 0.4) is 0 Å². The number of fused-ring (bicyclic) bond motifs is 1. The van der Waals surface area contributed by atoms with Crippen molar-refractivity contribution in [3.05, 3.63) is 47.6 Å². The number of nitrogens with zero attached hydrogens (tertiary/aromatic N) is 1. The third-order valence-corrected chi connectivity index (χ3v) is 4.36. The highest BCUT2D eigenvalue weighted by Gasteiger charge is 2.25. The molecule has 2 aromatic heterocycles. The molecule has 0 saturated carbocycles. The number of carbonyl (C=O) groups is 2. The van der Waals surface area contributed by atoms with E-state index in [0.29, 0.717) is 10.8 Å². The smallest absolute Gasteiger partial charge is 0.268 e. The van der Waals surface area contributed by atoms with E-state index < -0.39 is 6.04 Å². The van der Waals surface area contributed by atoms with Crippen LogP contribution < -0.4 is 10.6 Å². The second-order valence-electron chi connectivity index (χ2n) is 5.79. The van der Waals surface area contributed by atoms with E-state index in [1.165, 1.54) is 11.3 Å². The van der Waals surface area contributed by atoms with E-state index in [2.05, 4.69) is 20.6 Å². The van der Waals surface area contributed by atoms with E-state index in [-0.39, 0.29) is 17.7 Å². The normalized spacial score (nSPS) is 12.3. The van der Waals surface area contributed by atoms with Crippen LogP contribution in [0.1, 0.15) is 24.3 Å². The van der Waals surface area contributed by atoms with E-state index in [4.69, 9.17) is 0 Å². The standard InChI is InChI=1S/C17H18N4O2S/c1-10(2)14(16(23)21-17-18-7-8-24-17)20-15(22)13-9-11-5-3-4-6-12(11)19-13/h3-10,14,19H,1-2H3,(H,20,22)(H,18,21,23). The maximum Gasteiger partial charge on any atom is 0.268 e. The Morgan fingerprint density at radius 3 is 2.71 bits per heavy atom. The number of aromatic nitrogens is 2. The summed E-state index contributed by atoms with van der Waals surface area (Å²) in [5.74, 6) is -0.637. The van der Waals surface area contributed by atoms with Gasteiger partial charge < -0.3 is 15.6 Å². The number of amides is 2. The minimum Gasteiger partial charge on any atom is -0.351 e. The number of hydrogen-bond acceptors (Lipinski definition) is 4. The Balaban J connectivity index is 1.74. The lowest BCUT2D eigenvalue weighted by atomic mass is 10.0. The Labute approximate surface area is 143 Å². The Hall–Kier alpha value is -2.67. The minimum absolute atomic E-state index is 0.0571. The number of aromatic amines is 1. The molecule has 1 aromatic carbocycles. The molecular weight excluding hydrogens is 324 g/mol. The molecule has 3 aromatic rings. The molecule has 6 nitrogen and oxygen atoms in total. The predicted molar refractivity (Wildman–Crippen MR) is 95.1 cm³/mol. The summed E-state index contributed by atoms with van der Waals surface area (Å²) in [6.07, 6.45) is 1.62. The largest absolute Gasteiger partial charge is 0.351 e. The Morgan fingerprint density at radius 1 is 1.25 bits per heavy atom. The van der Waals surface area contributed by atoms with Crippen molar-refractivity contribution < 1.29 is 9.59 Å². The molecule has 3 N–H and O–H groups in total. The highest BCUT2D eigenvalue weighted by Crippen LogP contribution is 2.16. The van der Waals surface area contributed by atoms with E-state index >= 15 is 0 Å². The number of hydrogen-bond donors (Lipinski definition) is 3. The van der Waals surface area contributed by atoms with Crippen molar-refractivity contribution in [1.29, 1.82) is 0 Å². The quantitative estimate of drug-likeness (QED) is 0.666. The first-order valence-corrected chi connectivity index (χ1v) is 8.51. The molecule has 0 aliphatic heterocycles. The van der Waals surface area contributed by atoms with Crippen molar-refractivity contribution in [3.8, 4) is 0 Å². The Morgan fingerprint density at radius 2 is 2.04 bits per heavy atom. The zero-order chi connectivity index (χ0) is 17.1. The molecule has 0 saturated heterocycles. The molecule has 2 heterocycles. The van der Waals surface area contributed by atoms with Crippen LogP contribution in [-0.4, -0.2) is 27.8 Å². The zero-order valence-electron chi connectivity index (χ0n) is 13.4. The number of thiazole rings is 1. The van der Waals surface area contributed by atoms with Gasteiger partial charge in [-0.15, -0.1) is 11.3 Å². The van der Waals surface area contributed by atoms with Crippen molar-refractivity contribution in [3.63, 3.8) is 0 Å². The molecule has 1 unspecified atom stereocenters. The summed E-state index contributed by atoms with van der Waals surface area (Å²) in [5, 5.41) is 8.79. The summed E-state index contributed by atoms with van der Waals surface area (Å²) in [6.45, 7) is 3.77. The van der Waals surface area contributed by atoms with Crippen LogP contribution in [-0.2, 0) is 4.79 Å². The van der Waals surface area contributed by atoms with Gasteiger partial charge in [0.15, 0.2) is 5.13 Å². The van der Waals surface area contributed by atoms with Gasteiger partial charge in [0.1, 0.15) is 11.7 Å². The predicted octanol–water partition coefficient (Wildman–Crippen LogP) is 3.02. The molecule has 0 aliphatic rings. The lowest BCUT2D eigenvalue weighted by molar-refractivity contribution is -0.118. The number of carbonyl (C=O) groups excluding carboxylic acids is 2. The molecule has 2 amide bonds. The summed E-state index contributed by atoms with van der Waals surface area (Å²) >= 11 is 1.34. The molecular formula is C17H18N4O2S. The van der Waals surface area contributed by atoms with Gasteiger partial charge in [0.2, 0.25) is 5.91 Å². The lowest BCUT2D eigenvalue weighted by Gasteiger charge is -2.20.